The molecule has 2 N–H and O–H groups in total. The Bertz CT molecular complexity index is 700. The fourth-order valence-electron chi connectivity index (χ4n) is 4.00. The zero-order valence-electron chi connectivity index (χ0n) is 16.6. The van der Waals surface area contributed by atoms with Crippen LogP contribution in [-0.2, 0) is 49.5 Å². The molecule has 28 heavy (non-hydrogen) atoms. The van der Waals surface area contributed by atoms with Crippen LogP contribution in [0, 0.1) is 0 Å². The number of rotatable bonds is 10. The van der Waals surface area contributed by atoms with Gasteiger partial charge in [0.15, 0.2) is 6.10 Å². The Labute approximate surface area is 165 Å². The van der Waals surface area contributed by atoms with Crippen LogP contribution in [0.25, 0.3) is 0 Å². The van der Waals surface area contributed by atoms with E-state index in [0.717, 1.165) is 44.2 Å². The SMILES string of the molecule is COCCOC[C@@H](OC(C)C(=O)Nc1c2c(cc3c1CCC3)CCC2)C(=O)O. The highest BCUT2D eigenvalue weighted by Gasteiger charge is 2.28. The van der Waals surface area contributed by atoms with Crippen molar-refractivity contribution in [2.75, 3.05) is 32.2 Å². The molecule has 1 amide bonds. The van der Waals surface area contributed by atoms with E-state index in [1.165, 1.54) is 29.4 Å². The van der Waals surface area contributed by atoms with Gasteiger partial charge in [0.1, 0.15) is 6.10 Å². The van der Waals surface area contributed by atoms with Crippen LogP contribution in [0.3, 0.4) is 0 Å². The van der Waals surface area contributed by atoms with Gasteiger partial charge in [0.25, 0.3) is 5.91 Å². The van der Waals surface area contributed by atoms with Crippen molar-refractivity contribution in [3.63, 3.8) is 0 Å². The summed E-state index contributed by atoms with van der Waals surface area (Å²) in [5.41, 5.74) is 6.07. The largest absolute Gasteiger partial charge is 0.479 e. The van der Waals surface area contributed by atoms with Crippen LogP contribution in [0.2, 0.25) is 0 Å². The molecular formula is C21H29NO6. The lowest BCUT2D eigenvalue weighted by atomic mass is 9.98. The number of fused-ring (bicyclic) bond motifs is 2. The van der Waals surface area contributed by atoms with Crippen molar-refractivity contribution < 1.29 is 28.9 Å². The third-order valence-corrected chi connectivity index (χ3v) is 5.44. The molecule has 0 saturated heterocycles. The highest BCUT2D eigenvalue weighted by molar-refractivity contribution is 5.96. The van der Waals surface area contributed by atoms with Crippen LogP contribution in [-0.4, -0.2) is 56.1 Å². The predicted molar refractivity (Wildman–Crippen MR) is 104 cm³/mol. The fourth-order valence-corrected chi connectivity index (χ4v) is 4.00. The number of carbonyl (C=O) groups is 2. The lowest BCUT2D eigenvalue weighted by Gasteiger charge is -2.21. The third-order valence-electron chi connectivity index (χ3n) is 5.44. The Morgan fingerprint density at radius 2 is 1.75 bits per heavy atom. The summed E-state index contributed by atoms with van der Waals surface area (Å²) in [5.74, 6) is -1.48. The number of amides is 1. The number of carbonyl (C=O) groups excluding carboxylic acids is 1. The number of hydrogen-bond acceptors (Lipinski definition) is 5. The van der Waals surface area contributed by atoms with Crippen LogP contribution in [0.15, 0.2) is 6.07 Å². The molecule has 1 aromatic rings. The van der Waals surface area contributed by atoms with Crippen molar-refractivity contribution in [3.8, 4) is 0 Å². The zero-order chi connectivity index (χ0) is 20.1. The summed E-state index contributed by atoms with van der Waals surface area (Å²) in [7, 11) is 1.54. The summed E-state index contributed by atoms with van der Waals surface area (Å²) in [5, 5.41) is 12.4. The summed E-state index contributed by atoms with van der Waals surface area (Å²) < 4.78 is 15.6. The first-order chi connectivity index (χ1) is 13.5. The minimum absolute atomic E-state index is 0.132. The Kier molecular flexibility index (Phi) is 7.04. The van der Waals surface area contributed by atoms with Gasteiger partial charge in [-0.1, -0.05) is 6.07 Å². The molecule has 2 atom stereocenters. The molecule has 2 aliphatic carbocycles. The molecule has 7 heteroatoms. The quantitative estimate of drug-likeness (QED) is 0.594. The van der Waals surface area contributed by atoms with Crippen molar-refractivity contribution in [2.24, 2.45) is 0 Å². The number of aliphatic carboxylic acids is 1. The molecule has 0 heterocycles. The van der Waals surface area contributed by atoms with Gasteiger partial charge in [0.2, 0.25) is 0 Å². The van der Waals surface area contributed by atoms with Crippen molar-refractivity contribution in [1.82, 2.24) is 0 Å². The summed E-state index contributed by atoms with van der Waals surface area (Å²) in [6, 6.07) is 2.30. The Morgan fingerprint density at radius 1 is 1.11 bits per heavy atom. The van der Waals surface area contributed by atoms with Crippen LogP contribution in [0.1, 0.15) is 42.0 Å². The van der Waals surface area contributed by atoms with Gasteiger partial charge >= 0.3 is 5.97 Å². The summed E-state index contributed by atoms with van der Waals surface area (Å²) in [6.45, 7) is 2.08. The van der Waals surface area contributed by atoms with E-state index in [9.17, 15) is 14.7 Å². The van der Waals surface area contributed by atoms with E-state index >= 15 is 0 Å². The minimum atomic E-state index is -1.20. The fraction of sp³-hybridized carbons (Fsp3) is 0.619. The Morgan fingerprint density at radius 3 is 2.32 bits per heavy atom. The maximum Gasteiger partial charge on any atom is 0.335 e. The smallest absolute Gasteiger partial charge is 0.335 e. The van der Waals surface area contributed by atoms with Crippen LogP contribution < -0.4 is 5.32 Å². The van der Waals surface area contributed by atoms with Gasteiger partial charge in [0, 0.05) is 12.8 Å². The standard InChI is InChI=1S/C21H29NO6/c1-13(28-18(21(24)25)12-27-10-9-26-2)20(23)22-19-16-7-3-5-14(16)11-15-6-4-8-17(15)19/h11,13,18H,3-10,12H2,1-2H3,(H,22,23)(H,24,25)/t13?,18-/m1/s1. The van der Waals surface area contributed by atoms with Gasteiger partial charge in [0.05, 0.1) is 19.8 Å². The third kappa shape index (κ3) is 4.71. The van der Waals surface area contributed by atoms with Gasteiger partial charge < -0.3 is 24.6 Å². The molecule has 0 saturated carbocycles. The first kappa shape index (κ1) is 20.8. The van der Waals surface area contributed by atoms with Crippen LogP contribution in [0.5, 0.6) is 0 Å². The minimum Gasteiger partial charge on any atom is -0.479 e. The van der Waals surface area contributed by atoms with E-state index in [1.807, 2.05) is 0 Å². The molecule has 0 aliphatic heterocycles. The lowest BCUT2D eigenvalue weighted by molar-refractivity contribution is -0.161. The second-order valence-electron chi connectivity index (χ2n) is 7.40. The van der Waals surface area contributed by atoms with Gasteiger partial charge in [-0.2, -0.15) is 0 Å². The van der Waals surface area contributed by atoms with Gasteiger partial charge in [-0.15, -0.1) is 0 Å². The zero-order valence-corrected chi connectivity index (χ0v) is 16.6. The number of ether oxygens (including phenoxy) is 3. The Hall–Kier alpha value is -1.96. The molecule has 0 aromatic heterocycles. The molecular weight excluding hydrogens is 362 g/mol. The van der Waals surface area contributed by atoms with E-state index in [0.29, 0.717) is 6.61 Å². The first-order valence-corrected chi connectivity index (χ1v) is 9.93. The van der Waals surface area contributed by atoms with E-state index in [4.69, 9.17) is 14.2 Å². The van der Waals surface area contributed by atoms with Gasteiger partial charge in [-0.3, -0.25) is 4.79 Å². The number of nitrogens with one attached hydrogen (secondary N) is 1. The second kappa shape index (κ2) is 9.49. The summed E-state index contributed by atoms with van der Waals surface area (Å²) in [4.78, 5) is 24.2. The van der Waals surface area contributed by atoms with Gasteiger partial charge in [-0.05, 0) is 67.7 Å². The van der Waals surface area contributed by atoms with Gasteiger partial charge in [-0.25, -0.2) is 4.79 Å². The molecule has 154 valence electrons. The summed E-state index contributed by atoms with van der Waals surface area (Å²) >= 11 is 0. The molecule has 0 radical (unpaired) electrons. The normalized spacial score (nSPS) is 17.1. The molecule has 0 spiro atoms. The summed E-state index contributed by atoms with van der Waals surface area (Å²) in [6.07, 6.45) is 4.15. The second-order valence-corrected chi connectivity index (χ2v) is 7.40. The molecule has 1 aromatic carbocycles. The van der Waals surface area contributed by atoms with Crippen molar-refractivity contribution in [3.05, 3.63) is 28.3 Å². The molecule has 3 rings (SSSR count). The maximum atomic E-state index is 12.8. The average molecular weight is 391 g/mol. The maximum absolute atomic E-state index is 12.8. The monoisotopic (exact) mass is 391 g/mol. The number of benzene rings is 1. The van der Waals surface area contributed by atoms with E-state index < -0.39 is 18.2 Å². The van der Waals surface area contributed by atoms with Crippen molar-refractivity contribution >= 4 is 17.6 Å². The number of carboxylic acids is 1. The molecule has 7 nitrogen and oxygen atoms in total. The first-order valence-electron chi connectivity index (χ1n) is 9.93. The number of aryl methyl sites for hydroxylation is 2. The number of carboxylic acid groups (broad SMARTS) is 1. The number of anilines is 1. The molecule has 2 aliphatic rings. The van der Waals surface area contributed by atoms with E-state index in [-0.39, 0.29) is 19.1 Å². The van der Waals surface area contributed by atoms with Crippen molar-refractivity contribution in [2.45, 2.75) is 57.7 Å². The molecule has 0 bridgehead atoms. The Balaban J connectivity index is 1.65. The van der Waals surface area contributed by atoms with E-state index in [1.54, 1.807) is 6.92 Å². The topological polar surface area (TPSA) is 94.1 Å². The van der Waals surface area contributed by atoms with Crippen LogP contribution in [0.4, 0.5) is 5.69 Å². The van der Waals surface area contributed by atoms with E-state index in [2.05, 4.69) is 11.4 Å². The molecule has 1 unspecified atom stereocenters. The average Bonchev–Trinajstić information content (AvgIpc) is 3.32. The number of hydrogen-bond donors (Lipinski definition) is 2. The predicted octanol–water partition coefficient (Wildman–Crippen LogP) is 2.12. The van der Waals surface area contributed by atoms with Crippen molar-refractivity contribution in [1.29, 1.82) is 0 Å². The van der Waals surface area contributed by atoms with Crippen LogP contribution >= 0.6 is 0 Å². The lowest BCUT2D eigenvalue weighted by Crippen LogP contribution is -2.38. The number of methoxy groups -OCH3 is 1. The highest BCUT2D eigenvalue weighted by Crippen LogP contribution is 2.38. The molecule has 0 fully saturated rings. The highest BCUT2D eigenvalue weighted by atomic mass is 16.6.